The molecule has 23 heavy (non-hydrogen) atoms. The van der Waals surface area contributed by atoms with Gasteiger partial charge in [-0.2, -0.15) is 0 Å². The normalized spacial score (nSPS) is 20.8. The van der Waals surface area contributed by atoms with Gasteiger partial charge in [-0.15, -0.1) is 0 Å². The summed E-state index contributed by atoms with van der Waals surface area (Å²) in [7, 11) is 1.36. The quantitative estimate of drug-likeness (QED) is 0.756. The molecule has 0 aliphatic carbocycles. The number of nitrogens with zero attached hydrogens (tertiary/aromatic N) is 1. The van der Waals surface area contributed by atoms with Crippen molar-refractivity contribution in [1.82, 2.24) is 4.90 Å². The van der Waals surface area contributed by atoms with Crippen LogP contribution in [0.2, 0.25) is 0 Å². The average Bonchev–Trinajstić information content (AvgIpc) is 2.99. The van der Waals surface area contributed by atoms with Crippen molar-refractivity contribution in [3.8, 4) is 0 Å². The number of benzene rings is 1. The fourth-order valence-corrected chi connectivity index (χ4v) is 3.03. The molecule has 0 radical (unpaired) electrons. The Morgan fingerprint density at radius 2 is 1.96 bits per heavy atom. The number of methoxy groups -OCH3 is 1. The first kappa shape index (κ1) is 17.5. The molecule has 1 heterocycles. The molecule has 1 aliphatic rings. The number of hydrogen-bond donors (Lipinski definition) is 0. The zero-order chi connectivity index (χ0) is 16.9. The first-order valence-electron chi connectivity index (χ1n) is 8.03. The van der Waals surface area contributed by atoms with Crippen molar-refractivity contribution in [2.24, 2.45) is 5.92 Å². The van der Waals surface area contributed by atoms with Crippen molar-refractivity contribution in [3.63, 3.8) is 0 Å². The second-order valence-corrected chi connectivity index (χ2v) is 6.25. The van der Waals surface area contributed by atoms with Gasteiger partial charge in [0.25, 0.3) is 0 Å². The molecular formula is C18H25NO4. The van der Waals surface area contributed by atoms with Crippen molar-refractivity contribution in [3.05, 3.63) is 35.9 Å². The minimum Gasteiger partial charge on any atom is -0.467 e. The van der Waals surface area contributed by atoms with Crippen molar-refractivity contribution in [2.75, 3.05) is 20.3 Å². The third-order valence-corrected chi connectivity index (χ3v) is 4.27. The van der Waals surface area contributed by atoms with E-state index in [0.717, 1.165) is 12.0 Å². The minimum atomic E-state index is -0.995. The molecule has 0 spiro atoms. The molecule has 0 N–H and O–H groups in total. The van der Waals surface area contributed by atoms with Gasteiger partial charge >= 0.3 is 5.97 Å². The largest absolute Gasteiger partial charge is 0.467 e. The fraction of sp³-hybridized carbons (Fsp3) is 0.556. The van der Waals surface area contributed by atoms with E-state index in [-0.39, 0.29) is 18.4 Å². The van der Waals surface area contributed by atoms with Crippen LogP contribution in [0.25, 0.3) is 0 Å². The lowest BCUT2D eigenvalue weighted by atomic mass is 9.96. The van der Waals surface area contributed by atoms with E-state index in [1.54, 1.807) is 4.90 Å². The van der Waals surface area contributed by atoms with Crippen LogP contribution < -0.4 is 0 Å². The first-order chi connectivity index (χ1) is 11.0. The molecule has 0 saturated carbocycles. The maximum atomic E-state index is 12.5. The van der Waals surface area contributed by atoms with Crippen LogP contribution in [0.3, 0.4) is 0 Å². The summed E-state index contributed by atoms with van der Waals surface area (Å²) in [5, 5.41) is 0. The zero-order valence-corrected chi connectivity index (χ0v) is 14.1. The lowest BCUT2D eigenvalue weighted by Crippen LogP contribution is -2.57. The van der Waals surface area contributed by atoms with Crippen LogP contribution in [0, 0.1) is 5.92 Å². The van der Waals surface area contributed by atoms with Gasteiger partial charge in [-0.25, -0.2) is 4.79 Å². The number of likely N-dealkylation sites (tertiary alicyclic amines) is 1. The standard InChI is InChI=1S/C18H25NO4/c1-14(2)16(20)19-11-7-10-18(19,17(21)22-3)13-23-12-15-8-5-4-6-9-15/h4-6,8-9,14H,7,10-13H2,1-3H3/t18-/m1/s1. The highest BCUT2D eigenvalue weighted by Gasteiger charge is 2.51. The van der Waals surface area contributed by atoms with Gasteiger partial charge < -0.3 is 14.4 Å². The molecule has 0 unspecified atom stereocenters. The molecule has 0 bridgehead atoms. The summed E-state index contributed by atoms with van der Waals surface area (Å²) < 4.78 is 10.8. The maximum Gasteiger partial charge on any atom is 0.334 e. The van der Waals surface area contributed by atoms with Crippen LogP contribution in [0.1, 0.15) is 32.3 Å². The van der Waals surface area contributed by atoms with E-state index in [1.165, 1.54) is 7.11 Å². The Morgan fingerprint density at radius 3 is 2.57 bits per heavy atom. The first-order valence-corrected chi connectivity index (χ1v) is 8.03. The molecule has 1 aromatic rings. The number of ether oxygens (including phenoxy) is 2. The topological polar surface area (TPSA) is 55.8 Å². The van der Waals surface area contributed by atoms with Crippen LogP contribution >= 0.6 is 0 Å². The number of esters is 1. The van der Waals surface area contributed by atoms with Gasteiger partial charge in [0.2, 0.25) is 5.91 Å². The molecule has 1 aliphatic heterocycles. The van der Waals surface area contributed by atoms with Crippen LogP contribution in [0.4, 0.5) is 0 Å². The third-order valence-electron chi connectivity index (χ3n) is 4.27. The van der Waals surface area contributed by atoms with Gasteiger partial charge in [-0.3, -0.25) is 4.79 Å². The number of amides is 1. The van der Waals surface area contributed by atoms with Gasteiger partial charge in [0.05, 0.1) is 20.3 Å². The summed E-state index contributed by atoms with van der Waals surface area (Å²) in [6, 6.07) is 9.77. The Balaban J connectivity index is 2.12. The van der Waals surface area contributed by atoms with Gasteiger partial charge in [-0.1, -0.05) is 44.2 Å². The minimum absolute atomic E-state index is 0.0313. The second-order valence-electron chi connectivity index (χ2n) is 6.25. The number of rotatable bonds is 6. The average molecular weight is 319 g/mol. The van der Waals surface area contributed by atoms with Crippen LogP contribution in [-0.2, 0) is 25.7 Å². The third kappa shape index (κ3) is 3.72. The van der Waals surface area contributed by atoms with E-state index >= 15 is 0 Å². The summed E-state index contributed by atoms with van der Waals surface area (Å²) in [5.74, 6) is -0.584. The smallest absolute Gasteiger partial charge is 0.334 e. The van der Waals surface area contributed by atoms with E-state index < -0.39 is 11.5 Å². The van der Waals surface area contributed by atoms with Gasteiger partial charge in [0, 0.05) is 12.5 Å². The fourth-order valence-electron chi connectivity index (χ4n) is 3.03. The predicted molar refractivity (Wildman–Crippen MR) is 86.6 cm³/mol. The maximum absolute atomic E-state index is 12.5. The number of hydrogen-bond acceptors (Lipinski definition) is 4. The lowest BCUT2D eigenvalue weighted by molar-refractivity contribution is -0.165. The van der Waals surface area contributed by atoms with E-state index in [2.05, 4.69) is 0 Å². The lowest BCUT2D eigenvalue weighted by Gasteiger charge is -2.36. The molecule has 0 aromatic heterocycles. The van der Waals surface area contributed by atoms with E-state index in [0.29, 0.717) is 19.6 Å². The van der Waals surface area contributed by atoms with Crippen molar-refractivity contribution < 1.29 is 19.1 Å². The van der Waals surface area contributed by atoms with Crippen molar-refractivity contribution in [2.45, 2.75) is 38.8 Å². The Kier molecular flexibility index (Phi) is 5.77. The van der Waals surface area contributed by atoms with E-state index in [9.17, 15) is 9.59 Å². The monoisotopic (exact) mass is 319 g/mol. The second kappa shape index (κ2) is 7.59. The van der Waals surface area contributed by atoms with Crippen LogP contribution in [0.15, 0.2) is 30.3 Å². The summed E-state index contributed by atoms with van der Waals surface area (Å²) in [6.45, 7) is 4.82. The predicted octanol–water partition coefficient (Wildman–Crippen LogP) is 2.39. The molecule has 1 amide bonds. The molecule has 1 atom stereocenters. The Labute approximate surface area is 137 Å². The van der Waals surface area contributed by atoms with E-state index in [1.807, 2.05) is 44.2 Å². The summed E-state index contributed by atoms with van der Waals surface area (Å²) >= 11 is 0. The van der Waals surface area contributed by atoms with Gasteiger partial charge in [-0.05, 0) is 18.4 Å². The van der Waals surface area contributed by atoms with Gasteiger partial charge in [0.15, 0.2) is 5.54 Å². The highest BCUT2D eigenvalue weighted by Crippen LogP contribution is 2.32. The van der Waals surface area contributed by atoms with Crippen molar-refractivity contribution >= 4 is 11.9 Å². The molecule has 5 nitrogen and oxygen atoms in total. The Bertz CT molecular complexity index is 543. The highest BCUT2D eigenvalue weighted by atomic mass is 16.5. The van der Waals surface area contributed by atoms with Crippen molar-refractivity contribution in [1.29, 1.82) is 0 Å². The molecule has 1 aromatic carbocycles. The Morgan fingerprint density at radius 1 is 1.26 bits per heavy atom. The highest BCUT2D eigenvalue weighted by molar-refractivity contribution is 5.89. The Hall–Kier alpha value is -1.88. The summed E-state index contributed by atoms with van der Waals surface area (Å²) in [6.07, 6.45) is 1.36. The zero-order valence-electron chi connectivity index (χ0n) is 14.1. The number of carbonyl (C=O) groups excluding carboxylic acids is 2. The van der Waals surface area contributed by atoms with Crippen LogP contribution in [-0.4, -0.2) is 42.6 Å². The summed E-state index contributed by atoms with van der Waals surface area (Å²) in [5.41, 5.74) is 0.0393. The van der Waals surface area contributed by atoms with Crippen LogP contribution in [0.5, 0.6) is 0 Å². The molecule has 1 fully saturated rings. The molecule has 1 saturated heterocycles. The molecule has 5 heteroatoms. The van der Waals surface area contributed by atoms with E-state index in [4.69, 9.17) is 9.47 Å². The molecule has 2 rings (SSSR count). The molecule has 126 valence electrons. The van der Waals surface area contributed by atoms with Gasteiger partial charge in [0.1, 0.15) is 0 Å². The SMILES string of the molecule is COC(=O)[C@]1(COCc2ccccc2)CCCN1C(=O)C(C)C. The molecular weight excluding hydrogens is 294 g/mol. The number of carbonyl (C=O) groups is 2. The summed E-state index contributed by atoms with van der Waals surface area (Å²) in [4.78, 5) is 26.5.